The van der Waals surface area contributed by atoms with Gasteiger partial charge >= 0.3 is 0 Å². The van der Waals surface area contributed by atoms with Crippen molar-refractivity contribution in [3.8, 4) is 29.0 Å². The lowest BCUT2D eigenvalue weighted by Crippen LogP contribution is -2.75. The molecule has 4 heteroatoms. The summed E-state index contributed by atoms with van der Waals surface area (Å²) in [6, 6.07) is 65.7. The number of para-hydroxylation sites is 2. The van der Waals surface area contributed by atoms with E-state index in [0.29, 0.717) is 11.1 Å². The molecule has 0 bridgehead atoms. The molecule has 1 aromatic heterocycles. The first-order chi connectivity index (χ1) is 23.7. The van der Waals surface area contributed by atoms with Gasteiger partial charge in [-0.2, -0.15) is 31.3 Å². The predicted octanol–water partition coefficient (Wildman–Crippen LogP) is 7.57. The number of fused-ring (bicyclic) bond motifs is 3. The topological polar surface area (TPSA) is 52.5 Å². The van der Waals surface area contributed by atoms with Crippen LogP contribution in [0.15, 0.2) is 176 Å². The number of rotatable bonds is 6. The highest BCUT2D eigenvalue weighted by Gasteiger charge is 2.31. The average molecular weight is 628 g/mol. The molecule has 225 valence electrons. The van der Waals surface area contributed by atoms with Gasteiger partial charge in [0.05, 0.1) is 28.7 Å². The summed E-state index contributed by atoms with van der Waals surface area (Å²) in [5.41, 5.74) is 6.10. The van der Waals surface area contributed by atoms with Crippen molar-refractivity contribution in [2.45, 2.75) is 0 Å². The van der Waals surface area contributed by atoms with Crippen LogP contribution < -0.4 is 20.7 Å². The fourth-order valence-electron chi connectivity index (χ4n) is 7.36. The van der Waals surface area contributed by atoms with E-state index < -0.39 is 8.07 Å². The van der Waals surface area contributed by atoms with Gasteiger partial charge in [-0.1, -0.05) is 146 Å². The van der Waals surface area contributed by atoms with Gasteiger partial charge in [-0.15, -0.1) is 0 Å². The van der Waals surface area contributed by atoms with Crippen LogP contribution in [0.1, 0.15) is 11.1 Å². The smallest absolute Gasteiger partial charge is 0.0997 e. The molecule has 0 saturated heterocycles. The molecule has 0 fully saturated rings. The van der Waals surface area contributed by atoms with Crippen LogP contribution >= 0.6 is 0 Å². The Morgan fingerprint density at radius 1 is 0.438 bits per heavy atom. The van der Waals surface area contributed by atoms with Gasteiger partial charge in [0.15, 0.2) is 0 Å². The van der Waals surface area contributed by atoms with Crippen LogP contribution in [0.5, 0.6) is 0 Å². The summed E-state index contributed by atoms with van der Waals surface area (Å²) in [4.78, 5) is 0. The second kappa shape index (κ2) is 12.0. The highest BCUT2D eigenvalue weighted by Crippen LogP contribution is 2.33. The van der Waals surface area contributed by atoms with Crippen LogP contribution in [0.4, 0.5) is 0 Å². The van der Waals surface area contributed by atoms with Crippen molar-refractivity contribution in [3.05, 3.63) is 187 Å². The number of hydrogen-bond donors (Lipinski definition) is 0. The third-order valence-electron chi connectivity index (χ3n) is 9.44. The minimum atomic E-state index is -3.01. The van der Waals surface area contributed by atoms with Gasteiger partial charge in [-0.3, -0.25) is 0 Å². The summed E-state index contributed by atoms with van der Waals surface area (Å²) >= 11 is 0. The van der Waals surface area contributed by atoms with Gasteiger partial charge in [0.2, 0.25) is 0 Å². The fourth-order valence-corrected chi connectivity index (χ4v) is 12.3. The average Bonchev–Trinajstić information content (AvgIpc) is 3.51. The van der Waals surface area contributed by atoms with E-state index in [1.165, 1.54) is 10.8 Å². The predicted molar refractivity (Wildman–Crippen MR) is 199 cm³/mol. The van der Waals surface area contributed by atoms with Gasteiger partial charge in [-0.05, 0) is 44.0 Å². The van der Waals surface area contributed by atoms with E-state index in [2.05, 4.69) is 162 Å². The first kappa shape index (κ1) is 29.0. The second-order valence-electron chi connectivity index (χ2n) is 11.9. The van der Waals surface area contributed by atoms with E-state index in [4.69, 9.17) is 0 Å². The molecule has 3 nitrogen and oxygen atoms in total. The molecular weight excluding hydrogens is 599 g/mol. The van der Waals surface area contributed by atoms with Gasteiger partial charge in [0.1, 0.15) is 0 Å². The molecule has 0 aliphatic heterocycles. The lowest BCUT2D eigenvalue weighted by Gasteiger charge is -2.47. The molecule has 0 saturated carbocycles. The maximum Gasteiger partial charge on any atom is 0.0997 e. The number of nitrogens with zero attached hydrogens (tertiary/aromatic N) is 3. The summed E-state index contributed by atoms with van der Waals surface area (Å²) in [5, 5.41) is 28.3. The van der Waals surface area contributed by atoms with Gasteiger partial charge in [-0.25, -0.2) is 0 Å². The van der Waals surface area contributed by atoms with E-state index in [1.807, 2.05) is 30.3 Å². The molecule has 8 aromatic rings. The van der Waals surface area contributed by atoms with E-state index in [1.54, 1.807) is 0 Å². The van der Waals surface area contributed by atoms with Crippen LogP contribution in [-0.2, 0) is 0 Å². The standard InChI is InChI=1S/C44H29N3Si/c45-30-33-29-44(48(36-14-4-1-5-15-36,37-16-6-2-7-17-37)38-18-8-3-9-19-38)34(31-46)28-41(33)32-24-26-35(27-25-32)47-42-22-12-10-20-39(42)40-21-11-13-23-43(40)47/h1-29H/q-1. The lowest BCUT2D eigenvalue weighted by atomic mass is 9.97. The molecule has 7 aromatic carbocycles. The Hall–Kier alpha value is -6.46. The third kappa shape index (κ3) is 4.55. The van der Waals surface area contributed by atoms with Crippen molar-refractivity contribution >= 4 is 50.6 Å². The quantitative estimate of drug-likeness (QED) is 0.141. The summed E-state index contributed by atoms with van der Waals surface area (Å²) in [7, 11) is -3.01. The van der Waals surface area contributed by atoms with E-state index in [0.717, 1.165) is 48.6 Å². The monoisotopic (exact) mass is 627 g/mol. The highest BCUT2D eigenvalue weighted by molar-refractivity contribution is 7.20. The first-order valence-electron chi connectivity index (χ1n) is 16.0. The SMILES string of the molecule is N#Cc1cc([Si-](c2ccccc2)(c2ccccc2)c2ccccc2)c(C#N)cc1-c1ccc(-n2c3ccccc3c3ccccc32)cc1. The molecule has 0 spiro atoms. The summed E-state index contributed by atoms with van der Waals surface area (Å²) in [6.07, 6.45) is 0. The number of aromatic nitrogens is 1. The minimum absolute atomic E-state index is 0.549. The molecule has 48 heavy (non-hydrogen) atoms. The van der Waals surface area contributed by atoms with Crippen LogP contribution in [-0.4, -0.2) is 12.6 Å². The van der Waals surface area contributed by atoms with Crippen LogP contribution in [0.3, 0.4) is 0 Å². The second-order valence-corrected chi connectivity index (χ2v) is 15.7. The van der Waals surface area contributed by atoms with Crippen molar-refractivity contribution in [1.29, 1.82) is 10.5 Å². The molecule has 0 radical (unpaired) electrons. The number of nitriles is 2. The van der Waals surface area contributed by atoms with Crippen molar-refractivity contribution < 1.29 is 0 Å². The fraction of sp³-hybridized carbons (Fsp3) is 0. The zero-order chi connectivity index (χ0) is 32.5. The normalized spacial score (nSPS) is 11.3. The Morgan fingerprint density at radius 2 is 0.875 bits per heavy atom. The lowest BCUT2D eigenvalue weighted by molar-refractivity contribution is 1.18. The van der Waals surface area contributed by atoms with Crippen molar-refractivity contribution in [1.82, 2.24) is 4.57 Å². The highest BCUT2D eigenvalue weighted by atomic mass is 28.3. The molecule has 0 unspecified atom stereocenters. The summed E-state index contributed by atoms with van der Waals surface area (Å²) in [6.45, 7) is 0. The maximum atomic E-state index is 10.8. The third-order valence-corrected chi connectivity index (χ3v) is 14.3. The van der Waals surface area contributed by atoms with Crippen LogP contribution in [0.25, 0.3) is 38.6 Å². The van der Waals surface area contributed by atoms with Crippen LogP contribution in [0, 0.1) is 22.7 Å². The largest absolute Gasteiger partial charge is 0.309 e. The molecule has 8 rings (SSSR count). The molecule has 0 atom stereocenters. The molecular formula is C44H29N3Si-. The number of hydrogen-bond acceptors (Lipinski definition) is 2. The molecule has 1 heterocycles. The Labute approximate surface area is 280 Å². The van der Waals surface area contributed by atoms with Crippen molar-refractivity contribution in [2.75, 3.05) is 0 Å². The molecule has 0 amide bonds. The minimum Gasteiger partial charge on any atom is -0.309 e. The summed E-state index contributed by atoms with van der Waals surface area (Å²) in [5.74, 6) is 0. The molecule has 0 aliphatic rings. The zero-order valence-corrected chi connectivity index (χ0v) is 27.1. The van der Waals surface area contributed by atoms with Crippen molar-refractivity contribution in [3.63, 3.8) is 0 Å². The van der Waals surface area contributed by atoms with E-state index in [-0.39, 0.29) is 0 Å². The van der Waals surface area contributed by atoms with E-state index in [9.17, 15) is 10.5 Å². The van der Waals surface area contributed by atoms with Gasteiger partial charge in [0, 0.05) is 27.6 Å². The molecule has 0 aliphatic carbocycles. The summed E-state index contributed by atoms with van der Waals surface area (Å²) < 4.78 is 2.28. The Balaban J connectivity index is 1.33. The van der Waals surface area contributed by atoms with E-state index >= 15 is 0 Å². The zero-order valence-electron chi connectivity index (χ0n) is 26.1. The first-order valence-corrected chi connectivity index (χ1v) is 18.0. The Bertz CT molecular complexity index is 2350. The maximum absolute atomic E-state index is 10.8. The number of benzene rings is 7. The molecule has 0 N–H and O–H groups in total. The van der Waals surface area contributed by atoms with Crippen molar-refractivity contribution in [2.24, 2.45) is 0 Å². The van der Waals surface area contributed by atoms with Gasteiger partial charge in [0.25, 0.3) is 0 Å². The van der Waals surface area contributed by atoms with Gasteiger partial charge < -0.3 is 4.57 Å². The Morgan fingerprint density at radius 3 is 1.33 bits per heavy atom. The Kier molecular flexibility index (Phi) is 7.27. The van der Waals surface area contributed by atoms with Crippen LogP contribution in [0.2, 0.25) is 0 Å².